The number of nitriles is 1. The Bertz CT molecular complexity index is 645. The molecule has 0 N–H and O–H groups in total. The third-order valence-electron chi connectivity index (χ3n) is 2.20. The zero-order valence-corrected chi connectivity index (χ0v) is 10.2. The van der Waals surface area contributed by atoms with Crippen molar-refractivity contribution in [3.63, 3.8) is 0 Å². The first-order valence-corrected chi connectivity index (χ1v) is 5.77. The molecule has 0 amide bonds. The van der Waals surface area contributed by atoms with Gasteiger partial charge >= 0.3 is 0 Å². The van der Waals surface area contributed by atoms with E-state index >= 15 is 0 Å². The van der Waals surface area contributed by atoms with E-state index in [0.29, 0.717) is 0 Å². The smallest absolute Gasteiger partial charge is 0.275 e. The zero-order valence-electron chi connectivity index (χ0n) is 9.40. The second kappa shape index (κ2) is 4.89. The molecule has 0 unspecified atom stereocenters. The summed E-state index contributed by atoms with van der Waals surface area (Å²) in [6.45, 7) is 0. The van der Waals surface area contributed by atoms with Crippen LogP contribution in [0.25, 0.3) is 0 Å². The number of aryl methyl sites for hydroxylation is 1. The third-order valence-corrected chi connectivity index (χ3v) is 3.14. The van der Waals surface area contributed by atoms with Gasteiger partial charge in [0.1, 0.15) is 11.6 Å². The Morgan fingerprint density at radius 3 is 2.83 bits per heavy atom. The summed E-state index contributed by atoms with van der Waals surface area (Å²) >= 11 is 1.40. The molecular formula is C11H8N4O2S. The van der Waals surface area contributed by atoms with E-state index in [9.17, 15) is 10.1 Å². The summed E-state index contributed by atoms with van der Waals surface area (Å²) in [5, 5.41) is 23.6. The molecule has 0 aliphatic carbocycles. The molecule has 1 aromatic carbocycles. The average molecular weight is 260 g/mol. The van der Waals surface area contributed by atoms with E-state index in [1.54, 1.807) is 24.0 Å². The lowest BCUT2D eigenvalue weighted by atomic mass is 10.2. The molecule has 0 radical (unpaired) electrons. The lowest BCUT2D eigenvalue weighted by Gasteiger charge is -1.99. The number of aromatic nitrogens is 2. The molecule has 0 saturated heterocycles. The first-order chi connectivity index (χ1) is 8.60. The Morgan fingerprint density at radius 2 is 2.28 bits per heavy atom. The fourth-order valence-corrected chi connectivity index (χ4v) is 2.31. The second-order valence-electron chi connectivity index (χ2n) is 3.50. The highest BCUT2D eigenvalue weighted by Crippen LogP contribution is 2.30. The van der Waals surface area contributed by atoms with Crippen molar-refractivity contribution in [2.45, 2.75) is 9.79 Å². The molecule has 1 aromatic heterocycles. The van der Waals surface area contributed by atoms with Crippen LogP contribution in [0.4, 0.5) is 5.69 Å². The molecule has 0 aliphatic rings. The van der Waals surface area contributed by atoms with E-state index < -0.39 is 4.92 Å². The minimum Gasteiger partial charge on any atom is -0.275 e. The predicted molar refractivity (Wildman–Crippen MR) is 65.1 cm³/mol. The maximum absolute atomic E-state index is 10.7. The van der Waals surface area contributed by atoms with Gasteiger partial charge in [0.2, 0.25) is 0 Å². The van der Waals surface area contributed by atoms with Gasteiger partial charge in [-0.05, 0) is 12.1 Å². The highest BCUT2D eigenvalue weighted by molar-refractivity contribution is 7.99. The highest BCUT2D eigenvalue weighted by atomic mass is 32.2. The van der Waals surface area contributed by atoms with Gasteiger partial charge in [-0.15, -0.1) is 0 Å². The Balaban J connectivity index is 2.31. The fourth-order valence-electron chi connectivity index (χ4n) is 1.41. The van der Waals surface area contributed by atoms with Gasteiger partial charge in [-0.1, -0.05) is 11.8 Å². The van der Waals surface area contributed by atoms with Crippen molar-refractivity contribution in [1.29, 1.82) is 5.26 Å². The van der Waals surface area contributed by atoms with E-state index in [0.717, 1.165) is 9.79 Å². The molecule has 0 aliphatic heterocycles. The van der Waals surface area contributed by atoms with Gasteiger partial charge in [0, 0.05) is 24.2 Å². The average Bonchev–Trinajstić information content (AvgIpc) is 2.74. The van der Waals surface area contributed by atoms with E-state index in [-0.39, 0.29) is 11.3 Å². The molecule has 90 valence electrons. The second-order valence-corrected chi connectivity index (χ2v) is 4.65. The number of rotatable bonds is 3. The SMILES string of the molecule is Cn1cc(Sc2ccc([N+](=O)[O-])c(C#N)c2)cn1. The zero-order chi connectivity index (χ0) is 13.1. The van der Waals surface area contributed by atoms with Crippen molar-refractivity contribution in [3.8, 4) is 6.07 Å². The van der Waals surface area contributed by atoms with Crippen LogP contribution in [-0.2, 0) is 7.05 Å². The van der Waals surface area contributed by atoms with Gasteiger partial charge in [0.05, 0.1) is 16.0 Å². The number of nitro groups is 1. The molecule has 0 bridgehead atoms. The van der Waals surface area contributed by atoms with Gasteiger partial charge in [0.15, 0.2) is 0 Å². The molecule has 18 heavy (non-hydrogen) atoms. The van der Waals surface area contributed by atoms with Crippen molar-refractivity contribution < 1.29 is 4.92 Å². The van der Waals surface area contributed by atoms with E-state index in [2.05, 4.69) is 5.10 Å². The topological polar surface area (TPSA) is 84.7 Å². The summed E-state index contributed by atoms with van der Waals surface area (Å²) in [4.78, 5) is 11.8. The molecule has 1 heterocycles. The molecule has 2 rings (SSSR count). The van der Waals surface area contributed by atoms with Crippen LogP contribution >= 0.6 is 11.8 Å². The summed E-state index contributed by atoms with van der Waals surface area (Å²) < 4.78 is 1.67. The summed E-state index contributed by atoms with van der Waals surface area (Å²) in [6.07, 6.45) is 3.52. The standard InChI is InChI=1S/C11H8N4O2S/c1-14-7-10(6-13-14)18-9-2-3-11(15(16)17)8(4-9)5-12/h2-4,6-7H,1H3. The Hall–Kier alpha value is -2.33. The molecule has 2 aromatic rings. The highest BCUT2D eigenvalue weighted by Gasteiger charge is 2.14. The van der Waals surface area contributed by atoms with Crippen molar-refractivity contribution in [2.75, 3.05) is 0 Å². The Kier molecular flexibility index (Phi) is 3.30. The maximum Gasteiger partial charge on any atom is 0.287 e. The lowest BCUT2D eigenvalue weighted by molar-refractivity contribution is -0.385. The predicted octanol–water partition coefficient (Wildman–Crippen LogP) is 2.35. The number of hydrogen-bond donors (Lipinski definition) is 0. The van der Waals surface area contributed by atoms with Crippen molar-refractivity contribution in [1.82, 2.24) is 9.78 Å². The minimum absolute atomic E-state index is 0.0638. The Labute approximate surface area is 107 Å². The Morgan fingerprint density at radius 1 is 1.50 bits per heavy atom. The molecule has 0 atom stereocenters. The van der Waals surface area contributed by atoms with E-state index in [4.69, 9.17) is 5.26 Å². The van der Waals surface area contributed by atoms with Crippen LogP contribution in [0.5, 0.6) is 0 Å². The van der Waals surface area contributed by atoms with E-state index in [1.165, 1.54) is 23.9 Å². The largest absolute Gasteiger partial charge is 0.287 e. The van der Waals surface area contributed by atoms with Crippen molar-refractivity contribution in [3.05, 3.63) is 46.3 Å². The summed E-state index contributed by atoms with van der Waals surface area (Å²) in [6, 6.07) is 6.31. The number of nitrogens with zero attached hydrogens (tertiary/aromatic N) is 4. The molecule has 0 fully saturated rings. The fraction of sp³-hybridized carbons (Fsp3) is 0.0909. The van der Waals surface area contributed by atoms with Gasteiger partial charge in [-0.25, -0.2) is 0 Å². The monoisotopic (exact) mass is 260 g/mol. The summed E-state index contributed by atoms with van der Waals surface area (Å²) in [5.41, 5.74) is -0.109. The number of hydrogen-bond acceptors (Lipinski definition) is 5. The van der Waals surface area contributed by atoms with Crippen LogP contribution < -0.4 is 0 Å². The molecule has 0 spiro atoms. The lowest BCUT2D eigenvalue weighted by Crippen LogP contribution is -1.92. The van der Waals surface area contributed by atoms with Crippen LogP contribution in [0.15, 0.2) is 40.4 Å². The first-order valence-electron chi connectivity index (χ1n) is 4.95. The third kappa shape index (κ3) is 2.49. The number of benzene rings is 1. The van der Waals surface area contributed by atoms with Crippen molar-refractivity contribution >= 4 is 17.4 Å². The molecule has 7 heteroatoms. The van der Waals surface area contributed by atoms with Gasteiger partial charge in [-0.3, -0.25) is 14.8 Å². The van der Waals surface area contributed by atoms with Crippen molar-refractivity contribution in [2.24, 2.45) is 7.05 Å². The first kappa shape index (κ1) is 12.1. The quantitative estimate of drug-likeness (QED) is 0.624. The van der Waals surface area contributed by atoms with Gasteiger partial charge < -0.3 is 0 Å². The van der Waals surface area contributed by atoms with Crippen LogP contribution in [-0.4, -0.2) is 14.7 Å². The van der Waals surface area contributed by atoms with Crippen LogP contribution in [0.2, 0.25) is 0 Å². The number of nitro benzene ring substituents is 1. The minimum atomic E-state index is -0.558. The van der Waals surface area contributed by atoms with Crippen LogP contribution in [0.1, 0.15) is 5.56 Å². The van der Waals surface area contributed by atoms with Gasteiger partial charge in [0.25, 0.3) is 5.69 Å². The normalized spacial score (nSPS) is 10.0. The van der Waals surface area contributed by atoms with Crippen LogP contribution in [0, 0.1) is 21.4 Å². The maximum atomic E-state index is 10.7. The summed E-state index contributed by atoms with van der Waals surface area (Å²) in [5.74, 6) is 0. The van der Waals surface area contributed by atoms with Gasteiger partial charge in [-0.2, -0.15) is 10.4 Å². The molecule has 6 nitrogen and oxygen atoms in total. The summed E-state index contributed by atoms with van der Waals surface area (Å²) in [7, 11) is 1.81. The van der Waals surface area contributed by atoms with Crippen LogP contribution in [0.3, 0.4) is 0 Å². The molecule has 0 saturated carbocycles. The molecular weight excluding hydrogens is 252 g/mol. The van der Waals surface area contributed by atoms with E-state index in [1.807, 2.05) is 12.3 Å².